The van der Waals surface area contributed by atoms with Gasteiger partial charge in [-0.25, -0.2) is 15.0 Å². The van der Waals surface area contributed by atoms with E-state index in [1.165, 1.54) is 53.6 Å². The van der Waals surface area contributed by atoms with Gasteiger partial charge in [0, 0.05) is 49.1 Å². The summed E-state index contributed by atoms with van der Waals surface area (Å²) < 4.78 is 58.4. The molecule has 0 saturated carbocycles. The maximum Gasteiger partial charge on any atom is 0.281 e. The molecule has 62 heavy (non-hydrogen) atoms. The van der Waals surface area contributed by atoms with Crippen molar-refractivity contribution in [1.82, 2.24) is 49.5 Å². The quantitative estimate of drug-likeness (QED) is 0.164. The standard InChI is InChI=1S/2C20H19N7O2S2/c1-26(31(28,29)18-7-2-3-8-22-18)17-6-4-5-14-9-16(25-19(14)17)20-23-10-15(30-20)11-27-13-21-12-24-27;1-26(31(28,29)18-7-2-3-8-21-18)17-6-4-5-14-9-16(25-19(14)17)20-22-10-15(30-20)11-27-12-23-24-13-27/h2*2-9,12-13,15,25H,10-11H2,1H3. The number of para-hydroxylation sites is 2. The first-order valence-corrected chi connectivity index (χ1v) is 23.8. The molecule has 2 unspecified atom stereocenters. The van der Waals surface area contributed by atoms with Crippen molar-refractivity contribution < 1.29 is 16.8 Å². The van der Waals surface area contributed by atoms with Crippen molar-refractivity contribution in [2.45, 2.75) is 33.6 Å². The van der Waals surface area contributed by atoms with Crippen LogP contribution in [-0.4, -0.2) is 114 Å². The Kier molecular flexibility index (Phi) is 11.4. The Balaban J connectivity index is 0.000000158. The van der Waals surface area contributed by atoms with Crippen LogP contribution in [0.15, 0.2) is 143 Å². The second kappa shape index (κ2) is 17.2. The average molecular weight is 907 g/mol. The van der Waals surface area contributed by atoms with E-state index in [0.717, 1.165) is 56.4 Å². The third-order valence-corrected chi connectivity index (χ3v) is 15.9. The van der Waals surface area contributed by atoms with Crippen LogP contribution in [0.2, 0.25) is 0 Å². The van der Waals surface area contributed by atoms with E-state index in [0.29, 0.717) is 29.7 Å². The van der Waals surface area contributed by atoms with Crippen LogP contribution in [-0.2, 0) is 33.1 Å². The normalized spacial score (nSPS) is 16.5. The SMILES string of the molecule is CN(c1cccc2cc(C3=NCC(Cn4cncn4)S3)[nH]c12)S(=O)(=O)c1ccccn1.CN(c1cccc2cc(C3=NCC(Cn4cnnc4)S3)[nH]c12)S(=O)(=O)c1ccccn1. The van der Waals surface area contributed by atoms with Crippen molar-refractivity contribution in [3.63, 3.8) is 0 Å². The third kappa shape index (κ3) is 8.32. The van der Waals surface area contributed by atoms with Gasteiger partial charge in [-0.3, -0.25) is 23.3 Å². The van der Waals surface area contributed by atoms with Gasteiger partial charge in [-0.05, 0) is 48.5 Å². The lowest BCUT2D eigenvalue weighted by Crippen LogP contribution is -2.27. The number of anilines is 2. The fraction of sp³-hybridized carbons (Fsp3) is 0.200. The molecule has 18 nitrogen and oxygen atoms in total. The Hall–Kier alpha value is -6.36. The van der Waals surface area contributed by atoms with Crippen LogP contribution < -0.4 is 8.61 Å². The molecule has 0 spiro atoms. The van der Waals surface area contributed by atoms with Crippen LogP contribution in [0.25, 0.3) is 21.8 Å². The first-order valence-electron chi connectivity index (χ1n) is 19.2. The third-order valence-electron chi connectivity index (χ3n) is 10.1. The Morgan fingerprint density at radius 1 is 0.661 bits per heavy atom. The molecule has 8 heterocycles. The van der Waals surface area contributed by atoms with Gasteiger partial charge in [-0.15, -0.1) is 10.2 Å². The number of nitrogens with one attached hydrogen (secondary N) is 2. The fourth-order valence-electron chi connectivity index (χ4n) is 6.98. The second-order valence-corrected chi connectivity index (χ2v) is 20.6. The number of aromatic nitrogens is 10. The zero-order valence-electron chi connectivity index (χ0n) is 33.2. The lowest BCUT2D eigenvalue weighted by molar-refractivity contribution is 0.589. The predicted octanol–water partition coefficient (Wildman–Crippen LogP) is 5.08. The number of hydrogen-bond acceptors (Lipinski definition) is 14. The van der Waals surface area contributed by atoms with Crippen LogP contribution in [0.4, 0.5) is 11.4 Å². The zero-order valence-corrected chi connectivity index (χ0v) is 36.4. The summed E-state index contributed by atoms with van der Waals surface area (Å²) in [7, 11) is -4.48. The van der Waals surface area contributed by atoms with E-state index in [2.05, 4.69) is 50.2 Å². The molecule has 2 atom stereocenters. The summed E-state index contributed by atoms with van der Waals surface area (Å²) in [5.41, 5.74) is 4.34. The summed E-state index contributed by atoms with van der Waals surface area (Å²) in [4.78, 5) is 28.1. The summed E-state index contributed by atoms with van der Waals surface area (Å²) in [5, 5.41) is 16.1. The number of fused-ring (bicyclic) bond motifs is 2. The summed E-state index contributed by atoms with van der Waals surface area (Å²) in [6.45, 7) is 2.90. The number of thioether (sulfide) groups is 2. The van der Waals surface area contributed by atoms with Gasteiger partial charge in [0.05, 0.1) is 58.7 Å². The molecule has 22 heteroatoms. The molecular formula is C40H38N14O4S4. The average Bonchev–Trinajstić information content (AvgIpc) is 4.16. The summed E-state index contributed by atoms with van der Waals surface area (Å²) in [5.74, 6) is 0. The Morgan fingerprint density at radius 2 is 1.18 bits per heavy atom. The zero-order chi connectivity index (χ0) is 42.8. The van der Waals surface area contributed by atoms with Gasteiger partial charge < -0.3 is 14.5 Å². The monoisotopic (exact) mass is 906 g/mol. The van der Waals surface area contributed by atoms with E-state index in [9.17, 15) is 16.8 Å². The summed E-state index contributed by atoms with van der Waals surface area (Å²) in [6, 6.07) is 24.8. The summed E-state index contributed by atoms with van der Waals surface area (Å²) >= 11 is 3.38. The lowest BCUT2D eigenvalue weighted by Gasteiger charge is -2.19. The van der Waals surface area contributed by atoms with Crippen molar-refractivity contribution in [2.24, 2.45) is 9.98 Å². The van der Waals surface area contributed by atoms with E-state index in [-0.39, 0.29) is 15.3 Å². The molecule has 0 aliphatic carbocycles. The molecule has 8 aromatic rings. The van der Waals surface area contributed by atoms with E-state index in [1.807, 2.05) is 41.0 Å². The Labute approximate surface area is 364 Å². The van der Waals surface area contributed by atoms with Gasteiger partial charge >= 0.3 is 0 Å². The molecule has 2 aromatic carbocycles. The van der Waals surface area contributed by atoms with Crippen molar-refractivity contribution >= 4 is 86.8 Å². The van der Waals surface area contributed by atoms with E-state index < -0.39 is 20.0 Å². The highest BCUT2D eigenvalue weighted by atomic mass is 32.2. The topological polar surface area (TPSA) is 218 Å². The highest BCUT2D eigenvalue weighted by Crippen LogP contribution is 2.35. The lowest BCUT2D eigenvalue weighted by atomic mass is 10.2. The van der Waals surface area contributed by atoms with Crippen LogP contribution in [0.5, 0.6) is 0 Å². The van der Waals surface area contributed by atoms with E-state index in [1.54, 1.807) is 83.6 Å². The number of H-pyrrole nitrogens is 2. The van der Waals surface area contributed by atoms with E-state index in [4.69, 9.17) is 0 Å². The molecule has 2 aliphatic rings. The largest absolute Gasteiger partial charge is 0.351 e. The predicted molar refractivity (Wildman–Crippen MR) is 242 cm³/mol. The molecule has 6 aromatic heterocycles. The van der Waals surface area contributed by atoms with Gasteiger partial charge in [0.25, 0.3) is 20.0 Å². The maximum absolute atomic E-state index is 13.0. The highest BCUT2D eigenvalue weighted by molar-refractivity contribution is 8.15. The number of hydrogen-bond donors (Lipinski definition) is 2. The van der Waals surface area contributed by atoms with Crippen molar-refractivity contribution in [3.05, 3.63) is 134 Å². The van der Waals surface area contributed by atoms with Gasteiger partial charge in [-0.2, -0.15) is 21.9 Å². The van der Waals surface area contributed by atoms with Crippen LogP contribution in [0.1, 0.15) is 11.4 Å². The van der Waals surface area contributed by atoms with Crippen molar-refractivity contribution in [1.29, 1.82) is 0 Å². The first-order chi connectivity index (χ1) is 30.0. The second-order valence-electron chi connectivity index (χ2n) is 14.2. The molecule has 0 fully saturated rings. The number of nitrogens with zero attached hydrogens (tertiary/aromatic N) is 12. The molecule has 2 aliphatic heterocycles. The minimum Gasteiger partial charge on any atom is -0.351 e. The fourth-order valence-corrected chi connectivity index (χ4v) is 11.4. The number of benzene rings is 2. The van der Waals surface area contributed by atoms with Crippen molar-refractivity contribution in [3.8, 4) is 0 Å². The smallest absolute Gasteiger partial charge is 0.281 e. The number of pyridine rings is 2. The summed E-state index contributed by atoms with van der Waals surface area (Å²) in [6.07, 6.45) is 9.57. The molecule has 2 N–H and O–H groups in total. The van der Waals surface area contributed by atoms with Crippen molar-refractivity contribution in [2.75, 3.05) is 35.8 Å². The van der Waals surface area contributed by atoms with Gasteiger partial charge in [0.1, 0.15) is 35.4 Å². The van der Waals surface area contributed by atoms with Crippen LogP contribution >= 0.6 is 23.5 Å². The molecule has 0 saturated heterocycles. The van der Waals surface area contributed by atoms with E-state index >= 15 is 0 Å². The minimum atomic E-state index is -3.78. The van der Waals surface area contributed by atoms with Gasteiger partial charge in [0.15, 0.2) is 10.1 Å². The molecule has 10 rings (SSSR count). The Bertz CT molecular complexity index is 2910. The van der Waals surface area contributed by atoms with Gasteiger partial charge in [-0.1, -0.05) is 59.9 Å². The molecule has 0 bridgehead atoms. The number of rotatable bonds is 12. The van der Waals surface area contributed by atoms with Crippen LogP contribution in [0, 0.1) is 0 Å². The molecule has 316 valence electrons. The van der Waals surface area contributed by atoms with Gasteiger partial charge in [0.2, 0.25) is 0 Å². The molecule has 0 radical (unpaired) electrons. The highest BCUT2D eigenvalue weighted by Gasteiger charge is 2.28. The van der Waals surface area contributed by atoms with Crippen LogP contribution in [0.3, 0.4) is 0 Å². The molecule has 0 amide bonds. The maximum atomic E-state index is 13.0. The molecular weight excluding hydrogens is 869 g/mol. The first kappa shape index (κ1) is 41.0. The Morgan fingerprint density at radius 3 is 1.65 bits per heavy atom. The number of aromatic amines is 2. The number of aliphatic imine (C=N–C) groups is 2. The number of sulfonamides is 2. The minimum absolute atomic E-state index is 0.00737.